The van der Waals surface area contributed by atoms with Crippen molar-refractivity contribution in [3.63, 3.8) is 0 Å². The van der Waals surface area contributed by atoms with Crippen LogP contribution in [0, 0.1) is 0 Å². The van der Waals surface area contributed by atoms with Crippen molar-refractivity contribution in [2.45, 2.75) is 65.2 Å². The third-order valence-electron chi connectivity index (χ3n) is 7.38. The molecule has 0 radical (unpaired) electrons. The number of fused-ring (bicyclic) bond motifs is 2. The monoisotopic (exact) mass is 518 g/mol. The zero-order chi connectivity index (χ0) is 26.9. The summed E-state index contributed by atoms with van der Waals surface area (Å²) < 4.78 is 18.4. The number of methoxy groups -OCH3 is 1. The van der Waals surface area contributed by atoms with Crippen LogP contribution in [0.5, 0.6) is 17.2 Å². The summed E-state index contributed by atoms with van der Waals surface area (Å²) in [6, 6.07) is 13.4. The summed E-state index contributed by atoms with van der Waals surface area (Å²) in [5.74, 6) is 2.98. The van der Waals surface area contributed by atoms with E-state index in [0.29, 0.717) is 18.7 Å². The lowest BCUT2D eigenvalue weighted by Crippen LogP contribution is -2.36. The maximum atomic E-state index is 13.2. The number of H-pyrrole nitrogens is 1. The predicted molar refractivity (Wildman–Crippen MR) is 143 cm³/mol. The Kier molecular flexibility index (Phi) is 7.07. The van der Waals surface area contributed by atoms with Crippen LogP contribution in [-0.4, -0.2) is 44.0 Å². The van der Waals surface area contributed by atoms with E-state index in [0.717, 1.165) is 52.4 Å². The van der Waals surface area contributed by atoms with Gasteiger partial charge in [-0.2, -0.15) is 0 Å². The minimum absolute atomic E-state index is 0.123. The van der Waals surface area contributed by atoms with E-state index in [9.17, 15) is 4.79 Å². The highest BCUT2D eigenvalue weighted by Crippen LogP contribution is 2.35. The van der Waals surface area contributed by atoms with Gasteiger partial charge in [-0.15, -0.1) is 5.10 Å². The molecular formula is C28H34N6O4. The predicted octanol–water partition coefficient (Wildman–Crippen LogP) is 4.55. The first kappa shape index (κ1) is 25.7. The van der Waals surface area contributed by atoms with Crippen LogP contribution in [0.25, 0.3) is 10.9 Å². The highest BCUT2D eigenvalue weighted by molar-refractivity contribution is 5.80. The Hall–Kier alpha value is -3.92. The molecule has 0 saturated carbocycles. The molecule has 5 rings (SSSR count). The largest absolute Gasteiger partial charge is 0.497 e. The van der Waals surface area contributed by atoms with E-state index < -0.39 is 0 Å². The average molecular weight is 519 g/mol. The van der Waals surface area contributed by atoms with Crippen molar-refractivity contribution in [1.29, 1.82) is 0 Å². The second-order valence-electron chi connectivity index (χ2n) is 10.2. The molecule has 2 aromatic carbocycles. The Labute approximate surface area is 221 Å². The number of benzene rings is 2. The Bertz CT molecular complexity index is 1490. The van der Waals surface area contributed by atoms with Gasteiger partial charge in [0.1, 0.15) is 5.75 Å². The molecule has 1 aliphatic rings. The van der Waals surface area contributed by atoms with Crippen LogP contribution in [0.3, 0.4) is 0 Å². The summed E-state index contributed by atoms with van der Waals surface area (Å²) in [7, 11) is 1.63. The standard InChI is InChI=1S/C28H34N6O4/c1-6-23(26-30-31-32-34(26)28(3,4)7-2)33(15-18-8-11-24-25(12-18)38-17-37-24)16-20-13-19-14-21(36-5)9-10-22(19)29-27(20)35/h8-14,23H,6-7,15-17H2,1-5H3,(H,29,35)/t23-/m1/s1. The minimum Gasteiger partial charge on any atom is -0.497 e. The first-order chi connectivity index (χ1) is 18.3. The lowest BCUT2D eigenvalue weighted by atomic mass is 10.0. The molecule has 0 aliphatic carbocycles. The number of aromatic nitrogens is 5. The summed E-state index contributed by atoms with van der Waals surface area (Å²) in [4.78, 5) is 18.5. The molecule has 0 unspecified atom stereocenters. The van der Waals surface area contributed by atoms with E-state index in [1.165, 1.54) is 0 Å². The molecule has 0 bridgehead atoms. The second-order valence-corrected chi connectivity index (χ2v) is 10.2. The van der Waals surface area contributed by atoms with Gasteiger partial charge in [-0.1, -0.05) is 19.9 Å². The Balaban J connectivity index is 1.56. The van der Waals surface area contributed by atoms with Crippen molar-refractivity contribution in [1.82, 2.24) is 30.1 Å². The third-order valence-corrected chi connectivity index (χ3v) is 7.38. The smallest absolute Gasteiger partial charge is 0.252 e. The van der Waals surface area contributed by atoms with E-state index in [1.54, 1.807) is 7.11 Å². The lowest BCUT2D eigenvalue weighted by molar-refractivity contribution is 0.150. The number of hydrogen-bond acceptors (Lipinski definition) is 8. The van der Waals surface area contributed by atoms with Gasteiger partial charge in [-0.05, 0) is 79.1 Å². The fourth-order valence-electron chi connectivity index (χ4n) is 4.83. The van der Waals surface area contributed by atoms with E-state index in [2.05, 4.69) is 53.1 Å². The van der Waals surface area contributed by atoms with Gasteiger partial charge in [0.2, 0.25) is 6.79 Å². The summed E-state index contributed by atoms with van der Waals surface area (Å²) in [5, 5.41) is 13.8. The summed E-state index contributed by atoms with van der Waals surface area (Å²) in [6.07, 6.45) is 1.62. The molecule has 1 N–H and O–H groups in total. The van der Waals surface area contributed by atoms with Gasteiger partial charge < -0.3 is 19.2 Å². The summed E-state index contributed by atoms with van der Waals surface area (Å²) >= 11 is 0. The maximum absolute atomic E-state index is 13.2. The van der Waals surface area contributed by atoms with Gasteiger partial charge in [-0.25, -0.2) is 4.68 Å². The summed E-state index contributed by atoms with van der Waals surface area (Å²) in [5.41, 5.74) is 2.08. The molecule has 2 aromatic heterocycles. The van der Waals surface area contributed by atoms with Crippen LogP contribution in [0.15, 0.2) is 47.3 Å². The van der Waals surface area contributed by atoms with Crippen molar-refractivity contribution < 1.29 is 14.2 Å². The molecule has 0 saturated heterocycles. The van der Waals surface area contributed by atoms with Gasteiger partial charge in [0.05, 0.1) is 18.7 Å². The Morgan fingerprint density at radius 3 is 2.68 bits per heavy atom. The van der Waals surface area contributed by atoms with Gasteiger partial charge in [-0.3, -0.25) is 9.69 Å². The zero-order valence-corrected chi connectivity index (χ0v) is 22.5. The van der Waals surface area contributed by atoms with Gasteiger partial charge in [0.15, 0.2) is 17.3 Å². The van der Waals surface area contributed by atoms with Crippen molar-refractivity contribution in [3.8, 4) is 17.2 Å². The maximum Gasteiger partial charge on any atom is 0.252 e. The van der Waals surface area contributed by atoms with Crippen molar-refractivity contribution in [2.24, 2.45) is 0 Å². The van der Waals surface area contributed by atoms with Crippen LogP contribution < -0.4 is 19.8 Å². The average Bonchev–Trinajstić information content (AvgIpc) is 3.59. The van der Waals surface area contributed by atoms with Crippen LogP contribution in [-0.2, 0) is 18.6 Å². The molecule has 0 amide bonds. The number of hydrogen-bond donors (Lipinski definition) is 1. The molecule has 0 spiro atoms. The number of aromatic amines is 1. The zero-order valence-electron chi connectivity index (χ0n) is 22.5. The number of ether oxygens (including phenoxy) is 3. The molecule has 1 aliphatic heterocycles. The quantitative estimate of drug-likeness (QED) is 0.326. The first-order valence-corrected chi connectivity index (χ1v) is 12.9. The number of nitrogens with one attached hydrogen (secondary N) is 1. The van der Waals surface area contributed by atoms with Crippen LogP contribution >= 0.6 is 0 Å². The van der Waals surface area contributed by atoms with Crippen LogP contribution in [0.1, 0.15) is 63.5 Å². The highest BCUT2D eigenvalue weighted by atomic mass is 16.7. The first-order valence-electron chi connectivity index (χ1n) is 12.9. The molecule has 10 heteroatoms. The van der Waals surface area contributed by atoms with E-state index in [4.69, 9.17) is 14.2 Å². The normalized spacial score (nSPS) is 13.8. The number of rotatable bonds is 10. The van der Waals surface area contributed by atoms with E-state index in [-0.39, 0.29) is 23.9 Å². The second kappa shape index (κ2) is 10.4. The van der Waals surface area contributed by atoms with Crippen molar-refractivity contribution in [3.05, 3.63) is 69.8 Å². The lowest BCUT2D eigenvalue weighted by Gasteiger charge is -2.33. The minimum atomic E-state index is -0.256. The van der Waals surface area contributed by atoms with Gasteiger partial charge in [0.25, 0.3) is 5.56 Å². The molecule has 10 nitrogen and oxygen atoms in total. The van der Waals surface area contributed by atoms with E-state index >= 15 is 0 Å². The molecule has 3 heterocycles. The fraction of sp³-hybridized carbons (Fsp3) is 0.429. The van der Waals surface area contributed by atoms with Crippen LogP contribution in [0.4, 0.5) is 0 Å². The molecule has 0 fully saturated rings. The molecule has 1 atom stereocenters. The molecule has 38 heavy (non-hydrogen) atoms. The van der Waals surface area contributed by atoms with Crippen molar-refractivity contribution in [2.75, 3.05) is 13.9 Å². The number of nitrogens with zero attached hydrogens (tertiary/aromatic N) is 5. The molecule has 4 aromatic rings. The van der Waals surface area contributed by atoms with Gasteiger partial charge >= 0.3 is 0 Å². The SMILES string of the molecule is CC[C@H](c1nnnn1C(C)(C)CC)N(Cc1ccc2c(c1)OCO2)Cc1cc2cc(OC)ccc2[nH]c1=O. The Morgan fingerprint density at radius 1 is 1.11 bits per heavy atom. The highest BCUT2D eigenvalue weighted by Gasteiger charge is 2.31. The fourth-order valence-corrected chi connectivity index (χ4v) is 4.83. The van der Waals surface area contributed by atoms with E-state index in [1.807, 2.05) is 47.1 Å². The molecule has 200 valence electrons. The molecular weight excluding hydrogens is 484 g/mol. The van der Waals surface area contributed by atoms with Crippen LogP contribution in [0.2, 0.25) is 0 Å². The van der Waals surface area contributed by atoms with Gasteiger partial charge in [0, 0.05) is 29.6 Å². The topological polar surface area (TPSA) is 107 Å². The number of pyridine rings is 1. The number of tetrazole rings is 1. The summed E-state index contributed by atoms with van der Waals surface area (Å²) in [6.45, 7) is 9.67. The third kappa shape index (κ3) is 4.96. The Morgan fingerprint density at radius 2 is 1.92 bits per heavy atom. The van der Waals surface area contributed by atoms with Crippen molar-refractivity contribution >= 4 is 10.9 Å².